The van der Waals surface area contributed by atoms with Crippen molar-refractivity contribution in [3.8, 4) is 5.75 Å². The van der Waals surface area contributed by atoms with Gasteiger partial charge >= 0.3 is 0 Å². The van der Waals surface area contributed by atoms with E-state index < -0.39 is 16.6 Å². The first-order valence-electron chi connectivity index (χ1n) is 9.86. The number of rotatable bonds is 6. The normalized spacial score (nSPS) is 16.9. The van der Waals surface area contributed by atoms with Crippen molar-refractivity contribution in [2.45, 2.75) is 37.8 Å². The highest BCUT2D eigenvalue weighted by Gasteiger charge is 2.28. The number of piperidine rings is 1. The lowest BCUT2D eigenvalue weighted by atomic mass is 10.1. The lowest BCUT2D eigenvalue weighted by Gasteiger charge is -2.32. The average molecular weight is 417 g/mol. The molecule has 1 aliphatic heterocycles. The van der Waals surface area contributed by atoms with Crippen molar-refractivity contribution in [2.75, 3.05) is 18.4 Å². The van der Waals surface area contributed by atoms with Crippen LogP contribution in [0, 0.1) is 21.7 Å². The molecular formula is C21H21F2N3O4. The van der Waals surface area contributed by atoms with Gasteiger partial charge in [0.1, 0.15) is 17.6 Å². The van der Waals surface area contributed by atoms with E-state index in [4.69, 9.17) is 4.74 Å². The minimum Gasteiger partial charge on any atom is -0.487 e. The second-order valence-corrected chi connectivity index (χ2v) is 7.59. The Balaban J connectivity index is 1.39. The quantitative estimate of drug-likeness (QED) is 0.564. The smallest absolute Gasteiger partial charge is 0.293 e. The van der Waals surface area contributed by atoms with Crippen molar-refractivity contribution in [2.24, 2.45) is 0 Å². The zero-order valence-electron chi connectivity index (χ0n) is 16.1. The van der Waals surface area contributed by atoms with Gasteiger partial charge in [-0.05, 0) is 37.1 Å². The molecule has 1 amide bonds. The van der Waals surface area contributed by atoms with Crippen molar-refractivity contribution in [1.29, 1.82) is 0 Å². The number of benzene rings is 2. The summed E-state index contributed by atoms with van der Waals surface area (Å²) in [4.78, 5) is 25.3. The molecule has 30 heavy (non-hydrogen) atoms. The van der Waals surface area contributed by atoms with Crippen LogP contribution >= 0.6 is 0 Å². The minimum atomic E-state index is -0.763. The monoisotopic (exact) mass is 417 g/mol. The highest BCUT2D eigenvalue weighted by molar-refractivity contribution is 5.95. The van der Waals surface area contributed by atoms with Gasteiger partial charge < -0.3 is 15.0 Å². The van der Waals surface area contributed by atoms with Gasteiger partial charge in [0.15, 0.2) is 11.6 Å². The number of hydrogen-bond donors (Lipinski definition) is 1. The van der Waals surface area contributed by atoms with Crippen LogP contribution < -0.4 is 10.1 Å². The first-order valence-corrected chi connectivity index (χ1v) is 9.86. The molecule has 2 aliphatic rings. The van der Waals surface area contributed by atoms with Gasteiger partial charge in [0.25, 0.3) is 11.6 Å². The first kappa shape index (κ1) is 20.1. The second kappa shape index (κ2) is 8.25. The summed E-state index contributed by atoms with van der Waals surface area (Å²) in [7, 11) is 0. The Morgan fingerprint density at radius 3 is 2.47 bits per heavy atom. The fourth-order valence-corrected chi connectivity index (χ4v) is 3.50. The third kappa shape index (κ3) is 4.50. The zero-order valence-corrected chi connectivity index (χ0v) is 16.1. The Morgan fingerprint density at radius 2 is 1.83 bits per heavy atom. The van der Waals surface area contributed by atoms with Crippen LogP contribution in [0.25, 0.3) is 0 Å². The number of nitro groups is 1. The molecule has 0 unspecified atom stereocenters. The molecule has 1 N–H and O–H groups in total. The van der Waals surface area contributed by atoms with Crippen molar-refractivity contribution in [3.63, 3.8) is 0 Å². The molecule has 7 nitrogen and oxygen atoms in total. The molecule has 0 radical (unpaired) electrons. The van der Waals surface area contributed by atoms with E-state index in [9.17, 15) is 23.7 Å². The van der Waals surface area contributed by atoms with Crippen molar-refractivity contribution in [1.82, 2.24) is 4.90 Å². The van der Waals surface area contributed by atoms with Crippen LogP contribution in [0.15, 0.2) is 36.4 Å². The molecule has 158 valence electrons. The third-order valence-electron chi connectivity index (χ3n) is 5.30. The van der Waals surface area contributed by atoms with Gasteiger partial charge in [-0.3, -0.25) is 14.9 Å². The standard InChI is InChI=1S/C21H21F2N3O4/c22-14-2-6-20(17(23)12-14)30-16-7-9-25(10-8-16)21(27)13-1-5-18(24-15-3-4-15)19(11-13)26(28)29/h1-2,5-6,11-12,15-16,24H,3-4,7-10H2. The molecule has 9 heteroatoms. The molecule has 0 spiro atoms. The third-order valence-corrected chi connectivity index (χ3v) is 5.30. The van der Waals surface area contributed by atoms with Gasteiger partial charge in [0.05, 0.1) is 4.92 Å². The van der Waals surface area contributed by atoms with E-state index in [2.05, 4.69) is 5.32 Å². The van der Waals surface area contributed by atoms with Gasteiger partial charge in [0.2, 0.25) is 0 Å². The predicted octanol–water partition coefficient (Wildman–Crippen LogP) is 4.13. The topological polar surface area (TPSA) is 84.7 Å². The molecule has 2 aromatic rings. The lowest BCUT2D eigenvalue weighted by Crippen LogP contribution is -2.41. The number of hydrogen-bond acceptors (Lipinski definition) is 5. The minimum absolute atomic E-state index is 0.0180. The van der Waals surface area contributed by atoms with Crippen LogP contribution in [0.3, 0.4) is 0 Å². The number of halogens is 2. The molecule has 1 heterocycles. The highest BCUT2D eigenvalue weighted by atomic mass is 19.1. The first-order chi connectivity index (χ1) is 14.4. The molecule has 1 saturated heterocycles. The maximum atomic E-state index is 13.8. The summed E-state index contributed by atoms with van der Waals surface area (Å²) in [5, 5.41) is 14.5. The molecular weight excluding hydrogens is 396 g/mol. The van der Waals surface area contributed by atoms with E-state index in [0.29, 0.717) is 31.6 Å². The fourth-order valence-electron chi connectivity index (χ4n) is 3.50. The molecule has 4 rings (SSSR count). The van der Waals surface area contributed by atoms with E-state index in [1.807, 2.05) is 0 Å². The second-order valence-electron chi connectivity index (χ2n) is 7.59. The summed E-state index contributed by atoms with van der Waals surface area (Å²) in [6, 6.07) is 7.89. The maximum absolute atomic E-state index is 13.8. The number of carbonyl (C=O) groups excluding carboxylic acids is 1. The number of likely N-dealkylation sites (tertiary alicyclic amines) is 1. The Labute approximate surface area is 171 Å². The van der Waals surface area contributed by atoms with E-state index in [1.54, 1.807) is 17.0 Å². The van der Waals surface area contributed by atoms with Gasteiger partial charge in [-0.1, -0.05) is 0 Å². The molecule has 0 bridgehead atoms. The van der Waals surface area contributed by atoms with Crippen molar-refractivity contribution in [3.05, 3.63) is 63.7 Å². The Hall–Kier alpha value is -3.23. The number of anilines is 1. The molecule has 1 saturated carbocycles. The van der Waals surface area contributed by atoms with Crippen LogP contribution in [0.2, 0.25) is 0 Å². The molecule has 0 aromatic heterocycles. The van der Waals surface area contributed by atoms with E-state index in [-0.39, 0.29) is 35.1 Å². The number of carbonyl (C=O) groups is 1. The van der Waals surface area contributed by atoms with Gasteiger partial charge in [0, 0.05) is 49.7 Å². The zero-order chi connectivity index (χ0) is 21.3. The molecule has 0 atom stereocenters. The number of ether oxygens (including phenoxy) is 1. The summed E-state index contributed by atoms with van der Waals surface area (Å²) in [5.41, 5.74) is 0.567. The fraction of sp³-hybridized carbons (Fsp3) is 0.381. The van der Waals surface area contributed by atoms with E-state index in [1.165, 1.54) is 12.1 Å². The summed E-state index contributed by atoms with van der Waals surface area (Å²) < 4.78 is 32.4. The SMILES string of the molecule is O=C(c1ccc(NC2CC2)c([N+](=O)[O-])c1)N1CCC(Oc2ccc(F)cc2F)CC1. The molecule has 1 aliphatic carbocycles. The van der Waals surface area contributed by atoms with Gasteiger partial charge in [-0.2, -0.15) is 0 Å². The van der Waals surface area contributed by atoms with E-state index in [0.717, 1.165) is 25.0 Å². The van der Waals surface area contributed by atoms with Crippen molar-refractivity contribution < 1.29 is 23.2 Å². The molecule has 2 fully saturated rings. The van der Waals surface area contributed by atoms with Crippen LogP contribution in [-0.2, 0) is 0 Å². The maximum Gasteiger partial charge on any atom is 0.293 e. The molecule has 2 aromatic carbocycles. The number of amides is 1. The summed E-state index contributed by atoms with van der Waals surface area (Å²) >= 11 is 0. The highest BCUT2D eigenvalue weighted by Crippen LogP contribution is 2.32. The summed E-state index contributed by atoms with van der Waals surface area (Å²) in [6.45, 7) is 0.754. The number of nitro benzene ring substituents is 1. The van der Waals surface area contributed by atoms with Crippen LogP contribution in [0.4, 0.5) is 20.2 Å². The van der Waals surface area contributed by atoms with Crippen molar-refractivity contribution >= 4 is 17.3 Å². The van der Waals surface area contributed by atoms with Crippen LogP contribution in [0.1, 0.15) is 36.0 Å². The Kier molecular flexibility index (Phi) is 5.52. The predicted molar refractivity (Wildman–Crippen MR) is 106 cm³/mol. The van der Waals surface area contributed by atoms with Gasteiger partial charge in [-0.25, -0.2) is 8.78 Å². The van der Waals surface area contributed by atoms with Gasteiger partial charge in [-0.15, -0.1) is 0 Å². The lowest BCUT2D eigenvalue weighted by molar-refractivity contribution is -0.384. The van der Waals surface area contributed by atoms with E-state index >= 15 is 0 Å². The van der Waals surface area contributed by atoms with Crippen LogP contribution in [0.5, 0.6) is 5.75 Å². The average Bonchev–Trinajstić information content (AvgIpc) is 3.54. The number of nitrogens with one attached hydrogen (secondary N) is 1. The largest absolute Gasteiger partial charge is 0.487 e. The Morgan fingerprint density at radius 1 is 1.10 bits per heavy atom. The summed E-state index contributed by atoms with van der Waals surface area (Å²) in [6.07, 6.45) is 2.62. The number of nitrogens with zero attached hydrogens (tertiary/aromatic N) is 2. The Bertz CT molecular complexity index is 973. The van der Waals surface area contributed by atoms with Crippen LogP contribution in [-0.4, -0.2) is 41.0 Å². The summed E-state index contributed by atoms with van der Waals surface area (Å²) in [5.74, 6) is -1.74.